The topological polar surface area (TPSA) is 9.23 Å². The highest BCUT2D eigenvalue weighted by atomic mass is 28.4. The molecule has 0 aromatic heterocycles. The number of allylic oxidation sites excluding steroid dienone is 1. The van der Waals surface area contributed by atoms with Crippen molar-refractivity contribution in [3.05, 3.63) is 11.6 Å². The molecule has 0 spiro atoms. The molecule has 0 aliphatic heterocycles. The van der Waals surface area contributed by atoms with Crippen LogP contribution in [0.1, 0.15) is 72.6 Å². The zero-order valence-electron chi connectivity index (χ0n) is 14.1. The van der Waals surface area contributed by atoms with Crippen LogP contribution in [0.15, 0.2) is 11.6 Å². The summed E-state index contributed by atoms with van der Waals surface area (Å²) in [6.07, 6.45) is 12.0. The van der Waals surface area contributed by atoms with Gasteiger partial charge in [0.25, 0.3) is 0 Å². The minimum Gasteiger partial charge on any atom is -0.407 e. The molecule has 1 nitrogen and oxygen atoms in total. The lowest BCUT2D eigenvalue weighted by molar-refractivity contribution is -0.0205. The van der Waals surface area contributed by atoms with Gasteiger partial charge < -0.3 is 4.43 Å². The highest BCUT2D eigenvalue weighted by Crippen LogP contribution is 2.51. The SMILES string of the molecule is C/C=C1\CCC[C@@H]2CCCC[C@]12O[Si](CC)(CC)CC. The number of fused-ring (bicyclic) bond motifs is 1. The third kappa shape index (κ3) is 2.78. The molecule has 0 heterocycles. The van der Waals surface area contributed by atoms with Crippen LogP contribution in [-0.4, -0.2) is 13.9 Å². The zero-order chi connectivity index (χ0) is 14.6. The fourth-order valence-corrected chi connectivity index (χ4v) is 7.81. The Morgan fingerprint density at radius 2 is 1.75 bits per heavy atom. The van der Waals surface area contributed by atoms with Crippen molar-refractivity contribution in [3.8, 4) is 0 Å². The van der Waals surface area contributed by atoms with Crippen molar-refractivity contribution >= 4 is 8.32 Å². The van der Waals surface area contributed by atoms with Gasteiger partial charge in [-0.05, 0) is 68.7 Å². The normalized spacial score (nSPS) is 33.2. The van der Waals surface area contributed by atoms with E-state index in [2.05, 4.69) is 33.8 Å². The summed E-state index contributed by atoms with van der Waals surface area (Å²) in [5.74, 6) is 0.813. The Balaban J connectivity index is 2.34. The van der Waals surface area contributed by atoms with Crippen molar-refractivity contribution in [1.82, 2.24) is 0 Å². The molecular weight excluding hydrogens is 260 g/mol. The summed E-state index contributed by atoms with van der Waals surface area (Å²) in [5, 5.41) is 0. The molecule has 2 atom stereocenters. The maximum Gasteiger partial charge on any atom is 0.193 e. The predicted molar refractivity (Wildman–Crippen MR) is 90.6 cm³/mol. The first-order chi connectivity index (χ1) is 9.66. The lowest BCUT2D eigenvalue weighted by Gasteiger charge is -2.53. The molecule has 20 heavy (non-hydrogen) atoms. The fourth-order valence-electron chi connectivity index (χ4n) is 4.71. The van der Waals surface area contributed by atoms with Crippen LogP contribution in [0.25, 0.3) is 0 Å². The van der Waals surface area contributed by atoms with Crippen molar-refractivity contribution < 1.29 is 4.43 Å². The van der Waals surface area contributed by atoms with Gasteiger partial charge in [0, 0.05) is 0 Å². The van der Waals surface area contributed by atoms with Gasteiger partial charge in [0.05, 0.1) is 5.60 Å². The van der Waals surface area contributed by atoms with Crippen LogP contribution < -0.4 is 0 Å². The molecule has 2 saturated carbocycles. The molecule has 116 valence electrons. The van der Waals surface area contributed by atoms with Gasteiger partial charge in [-0.3, -0.25) is 0 Å². The van der Waals surface area contributed by atoms with Crippen LogP contribution in [0.3, 0.4) is 0 Å². The van der Waals surface area contributed by atoms with Gasteiger partial charge in [-0.15, -0.1) is 0 Å². The molecule has 0 saturated heterocycles. The average molecular weight is 295 g/mol. The second-order valence-electron chi connectivity index (χ2n) is 6.88. The standard InChI is InChI=1S/C18H34OSi/c1-5-16-13-11-14-17-12-9-10-15-18(16,17)19-20(6-2,7-3)8-4/h5,17H,6-15H2,1-4H3/b16-5+/t17-,18-/m0/s1. The maximum absolute atomic E-state index is 7.19. The molecule has 2 heteroatoms. The molecule has 0 amide bonds. The third-order valence-corrected chi connectivity index (χ3v) is 10.9. The third-order valence-electron chi connectivity index (χ3n) is 6.23. The van der Waals surface area contributed by atoms with Crippen LogP contribution in [0, 0.1) is 5.92 Å². The summed E-state index contributed by atoms with van der Waals surface area (Å²) >= 11 is 0. The largest absolute Gasteiger partial charge is 0.407 e. The summed E-state index contributed by atoms with van der Waals surface area (Å²) in [7, 11) is -1.52. The summed E-state index contributed by atoms with van der Waals surface area (Å²) < 4.78 is 7.19. The first-order valence-electron chi connectivity index (χ1n) is 9.02. The molecule has 2 rings (SSSR count). The van der Waals surface area contributed by atoms with E-state index in [1.807, 2.05) is 0 Å². The van der Waals surface area contributed by atoms with E-state index in [1.54, 1.807) is 5.57 Å². The summed E-state index contributed by atoms with van der Waals surface area (Å²) in [4.78, 5) is 0. The van der Waals surface area contributed by atoms with Crippen molar-refractivity contribution in [2.24, 2.45) is 5.92 Å². The molecule has 0 unspecified atom stereocenters. The number of rotatable bonds is 5. The highest BCUT2D eigenvalue weighted by Gasteiger charge is 2.50. The second-order valence-corrected chi connectivity index (χ2v) is 11.6. The van der Waals surface area contributed by atoms with E-state index < -0.39 is 8.32 Å². The van der Waals surface area contributed by atoms with Crippen LogP contribution in [-0.2, 0) is 4.43 Å². The molecule has 2 fully saturated rings. The Hall–Kier alpha value is -0.0831. The van der Waals surface area contributed by atoms with Crippen molar-refractivity contribution in [2.45, 2.75) is 96.4 Å². The first kappa shape index (κ1) is 16.3. The number of hydrogen-bond donors (Lipinski definition) is 0. The van der Waals surface area contributed by atoms with Gasteiger partial charge in [-0.2, -0.15) is 0 Å². The second kappa shape index (κ2) is 6.78. The molecule has 0 bridgehead atoms. The van der Waals surface area contributed by atoms with Gasteiger partial charge in [0.15, 0.2) is 8.32 Å². The molecular formula is C18H34OSi. The zero-order valence-corrected chi connectivity index (χ0v) is 15.1. The predicted octanol–water partition coefficient (Wildman–Crippen LogP) is 6.07. The molecule has 0 radical (unpaired) electrons. The molecule has 0 N–H and O–H groups in total. The first-order valence-corrected chi connectivity index (χ1v) is 11.5. The maximum atomic E-state index is 7.19. The molecule has 0 aromatic rings. The van der Waals surface area contributed by atoms with Crippen LogP contribution >= 0.6 is 0 Å². The van der Waals surface area contributed by atoms with Gasteiger partial charge in [-0.25, -0.2) is 0 Å². The van der Waals surface area contributed by atoms with Crippen LogP contribution in [0.5, 0.6) is 0 Å². The van der Waals surface area contributed by atoms with E-state index in [-0.39, 0.29) is 5.60 Å². The van der Waals surface area contributed by atoms with E-state index in [1.165, 1.54) is 63.1 Å². The molecule has 2 aliphatic carbocycles. The number of hydrogen-bond acceptors (Lipinski definition) is 1. The van der Waals surface area contributed by atoms with Gasteiger partial charge in [-0.1, -0.05) is 39.7 Å². The lowest BCUT2D eigenvalue weighted by atomic mass is 9.65. The van der Waals surface area contributed by atoms with E-state index in [0.717, 1.165) is 5.92 Å². The van der Waals surface area contributed by atoms with Crippen LogP contribution in [0.2, 0.25) is 18.1 Å². The van der Waals surface area contributed by atoms with Crippen molar-refractivity contribution in [3.63, 3.8) is 0 Å². The Bertz CT molecular complexity index is 335. The van der Waals surface area contributed by atoms with E-state index in [9.17, 15) is 0 Å². The average Bonchev–Trinajstić information content (AvgIpc) is 2.52. The smallest absolute Gasteiger partial charge is 0.193 e. The lowest BCUT2D eigenvalue weighted by Crippen LogP contribution is -2.55. The molecule has 0 aromatic carbocycles. The van der Waals surface area contributed by atoms with E-state index >= 15 is 0 Å². The van der Waals surface area contributed by atoms with Crippen molar-refractivity contribution in [1.29, 1.82) is 0 Å². The van der Waals surface area contributed by atoms with E-state index in [0.29, 0.717) is 0 Å². The Kier molecular flexibility index (Phi) is 5.53. The Morgan fingerprint density at radius 3 is 2.35 bits per heavy atom. The molecule has 2 aliphatic rings. The monoisotopic (exact) mass is 294 g/mol. The summed E-state index contributed by atoms with van der Waals surface area (Å²) in [6.45, 7) is 9.34. The van der Waals surface area contributed by atoms with Gasteiger partial charge >= 0.3 is 0 Å². The summed E-state index contributed by atoms with van der Waals surface area (Å²) in [6, 6.07) is 3.85. The van der Waals surface area contributed by atoms with Crippen molar-refractivity contribution in [2.75, 3.05) is 0 Å². The van der Waals surface area contributed by atoms with Crippen LogP contribution in [0.4, 0.5) is 0 Å². The Labute approximate surface area is 127 Å². The highest BCUT2D eigenvalue weighted by molar-refractivity contribution is 6.73. The van der Waals surface area contributed by atoms with Gasteiger partial charge in [0.1, 0.15) is 0 Å². The quantitative estimate of drug-likeness (QED) is 0.442. The summed E-state index contributed by atoms with van der Waals surface area (Å²) in [5.41, 5.74) is 1.81. The fraction of sp³-hybridized carbons (Fsp3) is 0.889. The Morgan fingerprint density at radius 1 is 1.10 bits per heavy atom. The van der Waals surface area contributed by atoms with E-state index in [4.69, 9.17) is 4.43 Å². The van der Waals surface area contributed by atoms with Gasteiger partial charge in [0.2, 0.25) is 0 Å². The minimum atomic E-state index is -1.52. The minimum absolute atomic E-state index is 0.152.